The zero-order chi connectivity index (χ0) is 28.3. The maximum atomic E-state index is 11.4. The summed E-state index contributed by atoms with van der Waals surface area (Å²) < 4.78 is 5.45. The van der Waals surface area contributed by atoms with Crippen LogP contribution in [-0.4, -0.2) is 42.1 Å². The smallest absolute Gasteiger partial charge is 0.267 e. The first-order valence-electron chi connectivity index (χ1n) is 13.1. The van der Waals surface area contributed by atoms with Gasteiger partial charge in [0.05, 0.1) is 7.11 Å². The molecule has 3 aromatic carbocycles. The van der Waals surface area contributed by atoms with Crippen LogP contribution in [0.1, 0.15) is 40.2 Å². The van der Waals surface area contributed by atoms with E-state index in [1.807, 2.05) is 30.3 Å². The lowest BCUT2D eigenvalue weighted by Gasteiger charge is -2.24. The summed E-state index contributed by atoms with van der Waals surface area (Å²) >= 11 is 0. The molecule has 1 unspecified atom stereocenters. The van der Waals surface area contributed by atoms with Gasteiger partial charge in [-0.1, -0.05) is 48.5 Å². The van der Waals surface area contributed by atoms with Crippen LogP contribution < -0.4 is 26.8 Å². The first kappa shape index (κ1) is 28.6. The van der Waals surface area contributed by atoms with Gasteiger partial charge in [-0.2, -0.15) is 0 Å². The molecule has 0 saturated heterocycles. The van der Waals surface area contributed by atoms with E-state index >= 15 is 0 Å². The molecule has 1 aliphatic rings. The molecule has 208 valence electrons. The number of hydrogen-bond acceptors (Lipinski definition) is 7. The second-order valence-electron chi connectivity index (χ2n) is 9.66. The standard InChI is InChI=1S/C31H35N5O4/c1-40-27-12-13-29-28(18-27)26(19-33-29)16-17-36(20-24-6-2-22(3-7-24)10-14-30(37)34-32)21-25-8-4-23(5-9-25)11-15-31(38)35-39/h2-15,18,26,33,39H,16-17,19-21,32H2,1H3,(H,34,37)(H,35,38)/b14-10+,15-11+. The fourth-order valence-corrected chi connectivity index (χ4v) is 4.73. The van der Waals surface area contributed by atoms with Gasteiger partial charge in [0.25, 0.3) is 11.8 Å². The van der Waals surface area contributed by atoms with E-state index in [0.29, 0.717) is 5.92 Å². The van der Waals surface area contributed by atoms with E-state index in [1.54, 1.807) is 24.7 Å². The van der Waals surface area contributed by atoms with Crippen molar-refractivity contribution in [2.24, 2.45) is 5.84 Å². The van der Waals surface area contributed by atoms with Crippen LogP contribution in [0.15, 0.2) is 78.9 Å². The number of carbonyl (C=O) groups excluding carboxylic acids is 2. The van der Waals surface area contributed by atoms with Crippen molar-refractivity contribution in [1.29, 1.82) is 0 Å². The number of ether oxygens (including phenoxy) is 1. The van der Waals surface area contributed by atoms with Gasteiger partial charge in [-0.05, 0) is 71.1 Å². The largest absolute Gasteiger partial charge is 0.497 e. The number of hydrazine groups is 1. The molecule has 0 radical (unpaired) electrons. The Morgan fingerprint density at radius 2 is 1.57 bits per heavy atom. The summed E-state index contributed by atoms with van der Waals surface area (Å²) in [6.45, 7) is 3.30. The van der Waals surface area contributed by atoms with Crippen molar-refractivity contribution in [3.63, 3.8) is 0 Å². The molecule has 0 bridgehead atoms. The number of amides is 2. The second kappa shape index (κ2) is 14.1. The Morgan fingerprint density at radius 1 is 0.975 bits per heavy atom. The lowest BCUT2D eigenvalue weighted by atomic mass is 9.97. The highest BCUT2D eigenvalue weighted by Gasteiger charge is 2.23. The molecule has 0 fully saturated rings. The van der Waals surface area contributed by atoms with E-state index in [0.717, 1.165) is 55.0 Å². The minimum Gasteiger partial charge on any atom is -0.497 e. The molecule has 40 heavy (non-hydrogen) atoms. The average molecular weight is 542 g/mol. The quantitative estimate of drug-likeness (QED) is 0.0775. The van der Waals surface area contributed by atoms with Crippen LogP contribution in [-0.2, 0) is 22.7 Å². The van der Waals surface area contributed by atoms with Crippen molar-refractivity contribution >= 4 is 29.7 Å². The number of benzene rings is 3. The predicted molar refractivity (Wildman–Crippen MR) is 156 cm³/mol. The molecule has 9 nitrogen and oxygen atoms in total. The van der Waals surface area contributed by atoms with E-state index < -0.39 is 5.91 Å². The van der Waals surface area contributed by atoms with Crippen molar-refractivity contribution < 1.29 is 19.5 Å². The Hall–Kier alpha value is -4.44. The number of nitrogens with two attached hydrogens (primary N) is 1. The zero-order valence-corrected chi connectivity index (χ0v) is 22.5. The third-order valence-corrected chi connectivity index (χ3v) is 6.91. The number of hydroxylamine groups is 1. The van der Waals surface area contributed by atoms with Crippen molar-refractivity contribution in [2.45, 2.75) is 25.4 Å². The SMILES string of the molecule is COc1ccc2c(c1)C(CCN(Cc1ccc(/C=C/C(=O)NN)cc1)Cc1ccc(/C=C/C(=O)NO)cc1)CN2. The van der Waals surface area contributed by atoms with Gasteiger partial charge in [0.2, 0.25) is 0 Å². The molecule has 4 rings (SSSR count). The number of rotatable bonds is 12. The number of nitrogens with one attached hydrogen (secondary N) is 3. The lowest BCUT2D eigenvalue weighted by molar-refractivity contribution is -0.124. The fraction of sp³-hybridized carbons (Fsp3) is 0.226. The van der Waals surface area contributed by atoms with Crippen molar-refractivity contribution in [3.05, 3.63) is 107 Å². The average Bonchev–Trinajstić information content (AvgIpc) is 3.40. The van der Waals surface area contributed by atoms with Crippen LogP contribution in [0.4, 0.5) is 5.69 Å². The van der Waals surface area contributed by atoms with Crippen LogP contribution in [0, 0.1) is 0 Å². The Bertz CT molecular complexity index is 1280. The third-order valence-electron chi connectivity index (χ3n) is 6.91. The molecule has 1 heterocycles. The van der Waals surface area contributed by atoms with E-state index in [9.17, 15) is 9.59 Å². The third kappa shape index (κ3) is 8.03. The normalized spacial score (nSPS) is 14.3. The second-order valence-corrected chi connectivity index (χ2v) is 9.66. The highest BCUT2D eigenvalue weighted by Crippen LogP contribution is 2.36. The number of hydrogen-bond donors (Lipinski definition) is 5. The maximum absolute atomic E-state index is 11.4. The van der Waals surface area contributed by atoms with Gasteiger partial charge >= 0.3 is 0 Å². The highest BCUT2D eigenvalue weighted by molar-refractivity contribution is 5.91. The van der Waals surface area contributed by atoms with E-state index in [2.05, 4.69) is 52.0 Å². The van der Waals surface area contributed by atoms with Crippen LogP contribution in [0.25, 0.3) is 12.2 Å². The number of fused-ring (bicyclic) bond motifs is 1. The van der Waals surface area contributed by atoms with Gasteiger partial charge in [0, 0.05) is 43.4 Å². The van der Waals surface area contributed by atoms with Gasteiger partial charge < -0.3 is 10.1 Å². The monoisotopic (exact) mass is 541 g/mol. The number of anilines is 1. The molecule has 2 amide bonds. The summed E-state index contributed by atoms with van der Waals surface area (Å²) in [5, 5.41) is 12.2. The molecule has 0 spiro atoms. The molecular formula is C31H35N5O4. The molecule has 9 heteroatoms. The molecule has 0 aliphatic carbocycles. The Balaban J connectivity index is 1.47. The van der Waals surface area contributed by atoms with E-state index in [1.165, 1.54) is 29.0 Å². The number of carbonyl (C=O) groups is 2. The molecule has 3 aromatic rings. The van der Waals surface area contributed by atoms with Crippen LogP contribution >= 0.6 is 0 Å². The fourth-order valence-electron chi connectivity index (χ4n) is 4.73. The molecule has 1 atom stereocenters. The lowest BCUT2D eigenvalue weighted by Crippen LogP contribution is -2.27. The topological polar surface area (TPSA) is 129 Å². The first-order valence-corrected chi connectivity index (χ1v) is 13.1. The predicted octanol–water partition coefficient (Wildman–Crippen LogP) is 3.82. The van der Waals surface area contributed by atoms with Gasteiger partial charge in [0.1, 0.15) is 5.75 Å². The highest BCUT2D eigenvalue weighted by atomic mass is 16.5. The Labute approximate surface area is 234 Å². The molecule has 1 aliphatic heterocycles. The number of nitrogens with zero attached hydrogens (tertiary/aromatic N) is 1. The summed E-state index contributed by atoms with van der Waals surface area (Å²) in [7, 11) is 1.69. The summed E-state index contributed by atoms with van der Waals surface area (Å²) in [5.74, 6) is 5.47. The van der Waals surface area contributed by atoms with Gasteiger partial charge in [0.15, 0.2) is 0 Å². The molecular weight excluding hydrogens is 506 g/mol. The zero-order valence-electron chi connectivity index (χ0n) is 22.5. The van der Waals surface area contributed by atoms with Crippen molar-refractivity contribution in [1.82, 2.24) is 15.8 Å². The minimum absolute atomic E-state index is 0.353. The van der Waals surface area contributed by atoms with Crippen LogP contribution in [0.2, 0.25) is 0 Å². The van der Waals surface area contributed by atoms with Crippen LogP contribution in [0.5, 0.6) is 5.75 Å². The van der Waals surface area contributed by atoms with Gasteiger partial charge in [-0.25, -0.2) is 11.3 Å². The molecule has 0 saturated carbocycles. The van der Waals surface area contributed by atoms with Crippen LogP contribution in [0.3, 0.4) is 0 Å². The van der Waals surface area contributed by atoms with Crippen molar-refractivity contribution in [2.75, 3.05) is 25.5 Å². The summed E-state index contributed by atoms with van der Waals surface area (Å²) in [6.07, 6.45) is 7.05. The summed E-state index contributed by atoms with van der Waals surface area (Å²) in [6, 6.07) is 22.3. The van der Waals surface area contributed by atoms with Crippen molar-refractivity contribution in [3.8, 4) is 5.75 Å². The van der Waals surface area contributed by atoms with E-state index in [4.69, 9.17) is 15.8 Å². The summed E-state index contributed by atoms with van der Waals surface area (Å²) in [5.41, 5.74) is 10.3. The maximum Gasteiger partial charge on any atom is 0.267 e. The Kier molecular flexibility index (Phi) is 10.1. The summed E-state index contributed by atoms with van der Waals surface area (Å²) in [4.78, 5) is 25.1. The minimum atomic E-state index is -0.569. The van der Waals surface area contributed by atoms with Gasteiger partial charge in [-0.3, -0.25) is 25.1 Å². The number of methoxy groups -OCH3 is 1. The van der Waals surface area contributed by atoms with E-state index in [-0.39, 0.29) is 5.91 Å². The molecule has 0 aromatic heterocycles. The molecule has 6 N–H and O–H groups in total. The van der Waals surface area contributed by atoms with Gasteiger partial charge in [-0.15, -0.1) is 0 Å². The Morgan fingerprint density at radius 3 is 2.12 bits per heavy atom. The first-order chi connectivity index (χ1) is 19.5.